The van der Waals surface area contributed by atoms with Crippen molar-refractivity contribution in [2.24, 2.45) is 0 Å². The second-order valence-electron chi connectivity index (χ2n) is 4.41. The summed E-state index contributed by atoms with van der Waals surface area (Å²) in [6, 6.07) is 2.53. The molecule has 96 valence electrons. The maximum absolute atomic E-state index is 12.2. The quantitative estimate of drug-likeness (QED) is 0.840. The molecular weight excluding hydrogens is 234 g/mol. The summed E-state index contributed by atoms with van der Waals surface area (Å²) in [5.74, 6) is -1.31. The first-order valence-electron chi connectivity index (χ1n) is 5.93. The lowest BCUT2D eigenvalue weighted by atomic mass is 10.0. The van der Waals surface area contributed by atoms with Crippen LogP contribution in [-0.4, -0.2) is 44.7 Å². The third kappa shape index (κ3) is 2.47. The number of hydrogen-bond donors (Lipinski definition) is 1. The zero-order valence-electron chi connectivity index (χ0n) is 10.2. The van der Waals surface area contributed by atoms with Gasteiger partial charge in [-0.15, -0.1) is 5.10 Å². The molecule has 2 heterocycles. The SMILES string of the molecule is Cc1ccc(C(=O)N2CCCCC2C(=O)O)nn1. The predicted octanol–water partition coefficient (Wildman–Crippen LogP) is 0.864. The number of carboxylic acids is 1. The van der Waals surface area contributed by atoms with E-state index in [1.54, 1.807) is 19.1 Å². The molecule has 18 heavy (non-hydrogen) atoms. The van der Waals surface area contributed by atoms with E-state index in [1.807, 2.05) is 0 Å². The van der Waals surface area contributed by atoms with Crippen LogP contribution in [-0.2, 0) is 4.79 Å². The molecule has 6 heteroatoms. The molecule has 2 rings (SSSR count). The number of carbonyl (C=O) groups excluding carboxylic acids is 1. The molecule has 0 saturated carbocycles. The average Bonchev–Trinajstić information content (AvgIpc) is 2.39. The van der Waals surface area contributed by atoms with Crippen LogP contribution in [0.1, 0.15) is 35.4 Å². The summed E-state index contributed by atoms with van der Waals surface area (Å²) in [6.07, 6.45) is 2.16. The number of carbonyl (C=O) groups is 2. The van der Waals surface area contributed by atoms with Crippen LogP contribution in [0.4, 0.5) is 0 Å². The Labute approximate surface area is 105 Å². The van der Waals surface area contributed by atoms with Gasteiger partial charge in [-0.2, -0.15) is 5.10 Å². The van der Waals surface area contributed by atoms with E-state index in [9.17, 15) is 9.59 Å². The minimum atomic E-state index is -0.955. The first-order valence-corrected chi connectivity index (χ1v) is 5.93. The smallest absolute Gasteiger partial charge is 0.326 e. The fourth-order valence-electron chi connectivity index (χ4n) is 2.09. The van der Waals surface area contributed by atoms with Gasteiger partial charge in [-0.05, 0) is 38.3 Å². The lowest BCUT2D eigenvalue weighted by Crippen LogP contribution is -2.48. The molecule has 1 unspecified atom stereocenters. The highest BCUT2D eigenvalue weighted by atomic mass is 16.4. The second-order valence-corrected chi connectivity index (χ2v) is 4.41. The van der Waals surface area contributed by atoms with E-state index < -0.39 is 12.0 Å². The number of piperidine rings is 1. The van der Waals surface area contributed by atoms with Gasteiger partial charge in [0.05, 0.1) is 5.69 Å². The molecular formula is C12H15N3O3. The van der Waals surface area contributed by atoms with E-state index in [2.05, 4.69) is 10.2 Å². The van der Waals surface area contributed by atoms with E-state index in [1.165, 1.54) is 4.90 Å². The van der Waals surface area contributed by atoms with Crippen LogP contribution in [0, 0.1) is 6.92 Å². The Balaban J connectivity index is 2.20. The lowest BCUT2D eigenvalue weighted by Gasteiger charge is -2.32. The van der Waals surface area contributed by atoms with Crippen LogP contribution in [0.25, 0.3) is 0 Å². The summed E-state index contributed by atoms with van der Waals surface area (Å²) in [4.78, 5) is 24.7. The van der Waals surface area contributed by atoms with Crippen LogP contribution in [0.15, 0.2) is 12.1 Å². The molecule has 1 aromatic heterocycles. The molecule has 1 amide bonds. The van der Waals surface area contributed by atoms with Crippen molar-refractivity contribution >= 4 is 11.9 Å². The van der Waals surface area contributed by atoms with E-state index in [0.29, 0.717) is 13.0 Å². The highest BCUT2D eigenvalue weighted by Crippen LogP contribution is 2.19. The van der Waals surface area contributed by atoms with Crippen molar-refractivity contribution in [3.63, 3.8) is 0 Å². The third-order valence-electron chi connectivity index (χ3n) is 3.07. The minimum absolute atomic E-state index is 0.203. The van der Waals surface area contributed by atoms with E-state index >= 15 is 0 Å². The molecule has 1 aliphatic rings. The molecule has 0 radical (unpaired) electrons. The van der Waals surface area contributed by atoms with Crippen molar-refractivity contribution in [2.75, 3.05) is 6.54 Å². The fourth-order valence-corrected chi connectivity index (χ4v) is 2.09. The van der Waals surface area contributed by atoms with Crippen molar-refractivity contribution in [3.05, 3.63) is 23.5 Å². The Bertz CT molecular complexity index is 458. The maximum atomic E-state index is 12.2. The van der Waals surface area contributed by atoms with Crippen LogP contribution in [0.2, 0.25) is 0 Å². The summed E-state index contributed by atoms with van der Waals surface area (Å²) in [5, 5.41) is 16.8. The zero-order chi connectivity index (χ0) is 13.1. The molecule has 0 spiro atoms. The molecule has 1 N–H and O–H groups in total. The molecule has 0 bridgehead atoms. The van der Waals surface area contributed by atoms with Gasteiger partial charge in [0.15, 0.2) is 5.69 Å². The van der Waals surface area contributed by atoms with Crippen molar-refractivity contribution in [1.82, 2.24) is 15.1 Å². The highest BCUT2D eigenvalue weighted by molar-refractivity contribution is 5.95. The molecule has 6 nitrogen and oxygen atoms in total. The summed E-state index contributed by atoms with van der Waals surface area (Å²) < 4.78 is 0. The number of aromatic nitrogens is 2. The molecule has 1 fully saturated rings. The van der Waals surface area contributed by atoms with E-state index in [4.69, 9.17) is 5.11 Å². The molecule has 1 aliphatic heterocycles. The van der Waals surface area contributed by atoms with Gasteiger partial charge in [-0.1, -0.05) is 0 Å². The van der Waals surface area contributed by atoms with Crippen LogP contribution in [0.3, 0.4) is 0 Å². The average molecular weight is 249 g/mol. The fraction of sp³-hybridized carbons (Fsp3) is 0.500. The number of aliphatic carboxylic acids is 1. The van der Waals surface area contributed by atoms with Crippen LogP contribution >= 0.6 is 0 Å². The molecule has 0 aromatic carbocycles. The topological polar surface area (TPSA) is 83.4 Å². The number of aryl methyl sites for hydroxylation is 1. The zero-order valence-corrected chi connectivity index (χ0v) is 10.2. The number of carboxylic acid groups (broad SMARTS) is 1. The first-order chi connectivity index (χ1) is 8.59. The molecule has 1 aromatic rings. The number of hydrogen-bond acceptors (Lipinski definition) is 4. The summed E-state index contributed by atoms with van der Waals surface area (Å²) in [6.45, 7) is 2.24. The highest BCUT2D eigenvalue weighted by Gasteiger charge is 2.33. The van der Waals surface area contributed by atoms with Gasteiger partial charge >= 0.3 is 5.97 Å². The predicted molar refractivity (Wildman–Crippen MR) is 63.1 cm³/mol. The van der Waals surface area contributed by atoms with Gasteiger partial charge in [0.25, 0.3) is 5.91 Å². The number of rotatable bonds is 2. The van der Waals surface area contributed by atoms with Gasteiger partial charge in [-0.3, -0.25) is 4.79 Å². The number of nitrogens with zero attached hydrogens (tertiary/aromatic N) is 3. The monoisotopic (exact) mass is 249 g/mol. The largest absolute Gasteiger partial charge is 0.480 e. The van der Waals surface area contributed by atoms with Crippen LogP contribution < -0.4 is 0 Å². The lowest BCUT2D eigenvalue weighted by molar-refractivity contribution is -0.143. The Kier molecular flexibility index (Phi) is 3.55. The van der Waals surface area contributed by atoms with Crippen molar-refractivity contribution < 1.29 is 14.7 Å². The van der Waals surface area contributed by atoms with Gasteiger partial charge < -0.3 is 10.0 Å². The third-order valence-corrected chi connectivity index (χ3v) is 3.07. The van der Waals surface area contributed by atoms with Gasteiger partial charge in [0.1, 0.15) is 6.04 Å². The van der Waals surface area contributed by atoms with Crippen molar-refractivity contribution in [3.8, 4) is 0 Å². The Morgan fingerprint density at radius 3 is 2.72 bits per heavy atom. The Morgan fingerprint density at radius 2 is 2.11 bits per heavy atom. The van der Waals surface area contributed by atoms with Gasteiger partial charge in [-0.25, -0.2) is 4.79 Å². The number of amides is 1. The van der Waals surface area contributed by atoms with Crippen molar-refractivity contribution in [1.29, 1.82) is 0 Å². The minimum Gasteiger partial charge on any atom is -0.480 e. The Morgan fingerprint density at radius 1 is 1.33 bits per heavy atom. The van der Waals surface area contributed by atoms with Gasteiger partial charge in [0, 0.05) is 6.54 Å². The standard InChI is InChI=1S/C12H15N3O3/c1-8-5-6-9(14-13-8)11(16)15-7-3-2-4-10(15)12(17)18/h5-6,10H,2-4,7H2,1H3,(H,17,18). The summed E-state index contributed by atoms with van der Waals surface area (Å²) in [5.41, 5.74) is 0.925. The first kappa shape index (κ1) is 12.5. The van der Waals surface area contributed by atoms with Gasteiger partial charge in [0.2, 0.25) is 0 Å². The Hall–Kier alpha value is -1.98. The summed E-state index contributed by atoms with van der Waals surface area (Å²) in [7, 11) is 0. The van der Waals surface area contributed by atoms with E-state index in [0.717, 1.165) is 18.5 Å². The second kappa shape index (κ2) is 5.12. The van der Waals surface area contributed by atoms with E-state index in [-0.39, 0.29) is 11.6 Å². The maximum Gasteiger partial charge on any atom is 0.326 e. The number of likely N-dealkylation sites (tertiary alicyclic amines) is 1. The molecule has 0 aliphatic carbocycles. The van der Waals surface area contributed by atoms with Crippen LogP contribution in [0.5, 0.6) is 0 Å². The normalized spacial score (nSPS) is 19.6. The molecule has 1 atom stereocenters. The van der Waals surface area contributed by atoms with Crippen molar-refractivity contribution in [2.45, 2.75) is 32.2 Å². The summed E-state index contributed by atoms with van der Waals surface area (Å²) >= 11 is 0. The molecule has 1 saturated heterocycles.